The number of aromatic nitrogens is 2. The van der Waals surface area contributed by atoms with Crippen molar-refractivity contribution in [2.24, 2.45) is 0 Å². The number of hydrogen-bond donors (Lipinski definition) is 2. The van der Waals surface area contributed by atoms with Gasteiger partial charge in [0.15, 0.2) is 11.9 Å². The smallest absolute Gasteiger partial charge is 0.330 e. The lowest BCUT2D eigenvalue weighted by molar-refractivity contribution is -0.139. The van der Waals surface area contributed by atoms with E-state index in [-0.39, 0.29) is 0 Å². The van der Waals surface area contributed by atoms with Crippen LogP contribution < -0.4 is 10.1 Å². The Morgan fingerprint density at radius 2 is 2.00 bits per heavy atom. The molecule has 0 saturated heterocycles. The zero-order valence-electron chi connectivity index (χ0n) is 16.4. The van der Waals surface area contributed by atoms with E-state index in [1.54, 1.807) is 48.7 Å². The van der Waals surface area contributed by atoms with E-state index in [1.807, 2.05) is 6.92 Å². The SMILES string of the molecule is Cc1cc(-n2c(C)cc(C(=O)NC(C(=O)O)c3ccc4c(c3)CCO4)c2C)no1. The quantitative estimate of drug-likeness (QED) is 0.688. The van der Waals surface area contributed by atoms with Gasteiger partial charge in [-0.05, 0) is 50.1 Å². The Labute approximate surface area is 167 Å². The van der Waals surface area contributed by atoms with Gasteiger partial charge in [-0.3, -0.25) is 9.36 Å². The molecule has 0 bridgehead atoms. The molecule has 3 aromatic rings. The number of carboxylic acids is 1. The van der Waals surface area contributed by atoms with E-state index in [0.29, 0.717) is 35.0 Å². The zero-order valence-corrected chi connectivity index (χ0v) is 16.4. The van der Waals surface area contributed by atoms with Gasteiger partial charge in [-0.2, -0.15) is 0 Å². The van der Waals surface area contributed by atoms with Crippen molar-refractivity contribution in [2.45, 2.75) is 33.2 Å². The predicted octanol–water partition coefficient (Wildman–Crippen LogP) is 2.88. The molecule has 3 heterocycles. The minimum absolute atomic E-state index is 0.388. The van der Waals surface area contributed by atoms with E-state index in [0.717, 1.165) is 23.4 Å². The van der Waals surface area contributed by atoms with E-state index in [2.05, 4.69) is 10.5 Å². The maximum atomic E-state index is 12.9. The van der Waals surface area contributed by atoms with Crippen molar-refractivity contribution in [1.29, 1.82) is 0 Å². The third-order valence-electron chi connectivity index (χ3n) is 5.09. The highest BCUT2D eigenvalue weighted by molar-refractivity contribution is 5.98. The van der Waals surface area contributed by atoms with Crippen molar-refractivity contribution in [1.82, 2.24) is 15.0 Å². The van der Waals surface area contributed by atoms with Gasteiger partial charge in [-0.1, -0.05) is 11.2 Å². The highest BCUT2D eigenvalue weighted by Gasteiger charge is 2.27. The number of fused-ring (bicyclic) bond motifs is 1. The number of nitrogens with zero attached hydrogens (tertiary/aromatic N) is 2. The summed E-state index contributed by atoms with van der Waals surface area (Å²) < 4.78 is 12.4. The summed E-state index contributed by atoms with van der Waals surface area (Å²) in [5.41, 5.74) is 3.29. The number of benzene rings is 1. The van der Waals surface area contributed by atoms with Gasteiger partial charge in [0.25, 0.3) is 5.91 Å². The number of carbonyl (C=O) groups excluding carboxylic acids is 1. The Balaban J connectivity index is 1.63. The lowest BCUT2D eigenvalue weighted by Crippen LogP contribution is -2.34. The molecule has 0 spiro atoms. The Bertz CT molecular complexity index is 1110. The van der Waals surface area contributed by atoms with Gasteiger partial charge in [0.05, 0.1) is 12.2 Å². The van der Waals surface area contributed by atoms with Crippen LogP contribution in [-0.2, 0) is 11.2 Å². The largest absolute Gasteiger partial charge is 0.493 e. The van der Waals surface area contributed by atoms with Gasteiger partial charge >= 0.3 is 5.97 Å². The fourth-order valence-electron chi connectivity index (χ4n) is 3.69. The molecule has 8 nitrogen and oxygen atoms in total. The summed E-state index contributed by atoms with van der Waals surface area (Å²) in [6, 6.07) is 7.52. The molecule has 0 radical (unpaired) electrons. The lowest BCUT2D eigenvalue weighted by atomic mass is 10.0. The van der Waals surface area contributed by atoms with Gasteiger partial charge in [-0.15, -0.1) is 0 Å². The van der Waals surface area contributed by atoms with Crippen LogP contribution in [0.2, 0.25) is 0 Å². The first-order valence-electron chi connectivity index (χ1n) is 9.27. The summed E-state index contributed by atoms with van der Waals surface area (Å²) in [4.78, 5) is 24.8. The summed E-state index contributed by atoms with van der Waals surface area (Å²) in [7, 11) is 0. The first-order valence-corrected chi connectivity index (χ1v) is 9.27. The van der Waals surface area contributed by atoms with Gasteiger partial charge < -0.3 is 19.7 Å². The van der Waals surface area contributed by atoms with E-state index in [4.69, 9.17) is 9.26 Å². The summed E-state index contributed by atoms with van der Waals surface area (Å²) in [6.45, 7) is 6.01. The number of carboxylic acid groups (broad SMARTS) is 1. The third kappa shape index (κ3) is 3.37. The number of aryl methyl sites for hydroxylation is 2. The molecule has 1 aromatic carbocycles. The minimum Gasteiger partial charge on any atom is -0.493 e. The lowest BCUT2D eigenvalue weighted by Gasteiger charge is -2.16. The maximum Gasteiger partial charge on any atom is 0.330 e. The van der Waals surface area contributed by atoms with Crippen molar-refractivity contribution in [3.63, 3.8) is 0 Å². The molecule has 2 aromatic heterocycles. The number of hydrogen-bond acceptors (Lipinski definition) is 5. The van der Waals surface area contributed by atoms with Crippen molar-refractivity contribution < 1.29 is 24.0 Å². The molecule has 8 heteroatoms. The van der Waals surface area contributed by atoms with E-state index < -0.39 is 17.9 Å². The van der Waals surface area contributed by atoms with Crippen molar-refractivity contribution in [3.8, 4) is 11.6 Å². The third-order valence-corrected chi connectivity index (χ3v) is 5.09. The standard InChI is InChI=1S/C21H21N3O5/c1-11-8-16(13(3)24(11)18-9-12(2)29-23-18)20(25)22-19(21(26)27)15-4-5-17-14(10-15)6-7-28-17/h4-5,8-10,19H,6-7H2,1-3H3,(H,22,25)(H,26,27). The van der Waals surface area contributed by atoms with Crippen LogP contribution in [0.3, 0.4) is 0 Å². The molecule has 0 aliphatic carbocycles. The topological polar surface area (TPSA) is 107 Å². The second kappa shape index (κ2) is 7.12. The number of nitrogens with one attached hydrogen (secondary N) is 1. The maximum absolute atomic E-state index is 12.9. The molecule has 2 N–H and O–H groups in total. The van der Waals surface area contributed by atoms with E-state index in [1.165, 1.54) is 0 Å². The predicted molar refractivity (Wildman–Crippen MR) is 104 cm³/mol. The second-order valence-electron chi connectivity index (χ2n) is 7.13. The second-order valence-corrected chi connectivity index (χ2v) is 7.13. The highest BCUT2D eigenvalue weighted by Crippen LogP contribution is 2.29. The number of ether oxygens (including phenoxy) is 1. The monoisotopic (exact) mass is 395 g/mol. The van der Waals surface area contributed by atoms with E-state index >= 15 is 0 Å². The average molecular weight is 395 g/mol. The average Bonchev–Trinajstić information content (AvgIpc) is 3.37. The minimum atomic E-state index is -1.16. The van der Waals surface area contributed by atoms with Crippen LogP contribution >= 0.6 is 0 Å². The summed E-state index contributed by atoms with van der Waals surface area (Å²) >= 11 is 0. The summed E-state index contributed by atoms with van der Waals surface area (Å²) in [6.07, 6.45) is 0.724. The Morgan fingerprint density at radius 3 is 2.69 bits per heavy atom. The number of carbonyl (C=O) groups is 2. The molecule has 29 heavy (non-hydrogen) atoms. The first-order chi connectivity index (χ1) is 13.8. The molecular weight excluding hydrogens is 374 g/mol. The summed E-state index contributed by atoms with van der Waals surface area (Å²) in [5.74, 6) is 0.400. The summed E-state index contributed by atoms with van der Waals surface area (Å²) in [5, 5.41) is 16.3. The van der Waals surface area contributed by atoms with Gasteiger partial charge in [0.1, 0.15) is 11.5 Å². The van der Waals surface area contributed by atoms with Gasteiger partial charge in [0, 0.05) is 23.9 Å². The molecule has 1 amide bonds. The molecule has 0 fully saturated rings. The van der Waals surface area contributed by atoms with Crippen LogP contribution in [0.1, 0.15) is 44.7 Å². The highest BCUT2D eigenvalue weighted by atomic mass is 16.5. The van der Waals surface area contributed by atoms with Crippen LogP contribution in [0.15, 0.2) is 34.9 Å². The van der Waals surface area contributed by atoms with Crippen LogP contribution in [0.5, 0.6) is 5.75 Å². The van der Waals surface area contributed by atoms with Gasteiger partial charge in [0.2, 0.25) is 0 Å². The normalized spacial score (nSPS) is 13.6. The molecule has 1 atom stereocenters. The molecule has 0 saturated carbocycles. The van der Waals surface area contributed by atoms with Crippen LogP contribution in [0.4, 0.5) is 0 Å². The Kier molecular flexibility index (Phi) is 4.62. The number of rotatable bonds is 5. The van der Waals surface area contributed by atoms with Crippen molar-refractivity contribution in [2.75, 3.05) is 6.61 Å². The molecule has 1 unspecified atom stereocenters. The zero-order chi connectivity index (χ0) is 20.7. The van der Waals surface area contributed by atoms with Gasteiger partial charge in [-0.25, -0.2) is 4.79 Å². The van der Waals surface area contributed by atoms with Crippen LogP contribution in [0, 0.1) is 20.8 Å². The molecule has 1 aliphatic heterocycles. The molecule has 1 aliphatic rings. The van der Waals surface area contributed by atoms with E-state index in [9.17, 15) is 14.7 Å². The van der Waals surface area contributed by atoms with Crippen LogP contribution in [0.25, 0.3) is 5.82 Å². The van der Waals surface area contributed by atoms with Crippen molar-refractivity contribution >= 4 is 11.9 Å². The Morgan fingerprint density at radius 1 is 1.21 bits per heavy atom. The van der Waals surface area contributed by atoms with Crippen LogP contribution in [-0.4, -0.2) is 33.3 Å². The molecule has 150 valence electrons. The molecule has 4 rings (SSSR count). The fraction of sp³-hybridized carbons (Fsp3) is 0.286. The number of amides is 1. The fourth-order valence-corrected chi connectivity index (χ4v) is 3.69. The molecular formula is C21H21N3O5. The van der Waals surface area contributed by atoms with Crippen molar-refractivity contribution in [3.05, 3.63) is 64.2 Å². The Hall–Kier alpha value is -3.55. The number of aliphatic carboxylic acids is 1. The first kappa shape index (κ1) is 18.8.